The number of benzene rings is 2. The fourth-order valence-electron chi connectivity index (χ4n) is 2.04. The average Bonchev–Trinajstić information content (AvgIpc) is 2.51. The van der Waals surface area contributed by atoms with Crippen molar-refractivity contribution in [2.45, 2.75) is 13.5 Å². The summed E-state index contributed by atoms with van der Waals surface area (Å²) in [4.78, 5) is 25.4. The monoisotopic (exact) mass is 384 g/mol. The third-order valence-electron chi connectivity index (χ3n) is 3.27. The summed E-state index contributed by atoms with van der Waals surface area (Å²) in [6.45, 7) is 1.64. The van der Waals surface area contributed by atoms with Gasteiger partial charge in [-0.25, -0.2) is 0 Å². The van der Waals surface area contributed by atoms with Crippen molar-refractivity contribution in [1.82, 2.24) is 4.90 Å². The van der Waals surface area contributed by atoms with Crippen LogP contribution >= 0.6 is 34.8 Å². The highest BCUT2D eigenvalue weighted by Crippen LogP contribution is 2.25. The van der Waals surface area contributed by atoms with Gasteiger partial charge < -0.3 is 10.2 Å². The summed E-state index contributed by atoms with van der Waals surface area (Å²) in [5, 5.41) is 4.10. The van der Waals surface area contributed by atoms with Crippen LogP contribution in [0.3, 0.4) is 0 Å². The predicted molar refractivity (Wildman–Crippen MR) is 97.6 cm³/mol. The largest absolute Gasteiger partial charge is 0.329 e. The van der Waals surface area contributed by atoms with Crippen LogP contribution in [-0.4, -0.2) is 23.3 Å². The lowest BCUT2D eigenvalue weighted by molar-refractivity contribution is -0.133. The molecule has 0 aliphatic heterocycles. The summed E-state index contributed by atoms with van der Waals surface area (Å²) in [5.74, 6) is -0.550. The van der Waals surface area contributed by atoms with Gasteiger partial charge in [0.05, 0.1) is 10.7 Å². The first-order valence-electron chi connectivity index (χ1n) is 7.10. The van der Waals surface area contributed by atoms with Crippen molar-refractivity contribution in [2.75, 3.05) is 11.9 Å². The number of carbonyl (C=O) groups is 2. The molecule has 0 heterocycles. The Labute approximate surface area is 155 Å². The molecule has 0 unspecified atom stereocenters. The molecule has 0 aromatic heterocycles. The second kappa shape index (κ2) is 8.38. The van der Waals surface area contributed by atoms with Crippen LogP contribution in [0.1, 0.15) is 12.5 Å². The molecule has 2 aromatic carbocycles. The molecule has 0 fully saturated rings. The quantitative estimate of drug-likeness (QED) is 0.815. The van der Waals surface area contributed by atoms with E-state index in [9.17, 15) is 9.59 Å². The van der Waals surface area contributed by atoms with Gasteiger partial charge in [0.2, 0.25) is 11.8 Å². The second-order valence-electron chi connectivity index (χ2n) is 5.17. The maximum absolute atomic E-state index is 12.2. The summed E-state index contributed by atoms with van der Waals surface area (Å²) in [7, 11) is 0. The van der Waals surface area contributed by atoms with E-state index in [-0.39, 0.29) is 18.4 Å². The molecule has 4 nitrogen and oxygen atoms in total. The number of rotatable bonds is 5. The zero-order chi connectivity index (χ0) is 17.7. The highest BCUT2D eigenvalue weighted by molar-refractivity contribution is 6.36. The summed E-state index contributed by atoms with van der Waals surface area (Å²) in [5.41, 5.74) is 1.33. The number of amides is 2. The Morgan fingerprint density at radius 1 is 1.00 bits per heavy atom. The molecule has 0 atom stereocenters. The third-order valence-corrected chi connectivity index (χ3v) is 4.07. The molecular formula is C17H15Cl3N2O2. The molecule has 2 rings (SSSR count). The van der Waals surface area contributed by atoms with E-state index in [1.54, 1.807) is 24.3 Å². The van der Waals surface area contributed by atoms with Gasteiger partial charge in [0.15, 0.2) is 0 Å². The lowest BCUT2D eigenvalue weighted by Crippen LogP contribution is -2.36. The topological polar surface area (TPSA) is 49.4 Å². The van der Waals surface area contributed by atoms with Crippen molar-refractivity contribution in [3.05, 3.63) is 63.1 Å². The summed E-state index contributed by atoms with van der Waals surface area (Å²) in [6.07, 6.45) is 0. The number of carbonyl (C=O) groups excluding carboxylic acids is 2. The van der Waals surface area contributed by atoms with Crippen molar-refractivity contribution in [2.24, 2.45) is 0 Å². The van der Waals surface area contributed by atoms with Crippen LogP contribution in [-0.2, 0) is 16.1 Å². The minimum Gasteiger partial charge on any atom is -0.329 e. The zero-order valence-corrected chi connectivity index (χ0v) is 15.1. The van der Waals surface area contributed by atoms with E-state index in [1.165, 1.54) is 17.9 Å². The predicted octanol–water partition coefficient (Wildman–Crippen LogP) is 4.63. The van der Waals surface area contributed by atoms with E-state index in [0.29, 0.717) is 27.3 Å². The first-order valence-corrected chi connectivity index (χ1v) is 8.23. The van der Waals surface area contributed by atoms with E-state index in [1.807, 2.05) is 12.1 Å². The number of anilines is 1. The van der Waals surface area contributed by atoms with Gasteiger partial charge in [-0.1, -0.05) is 46.9 Å². The SMILES string of the molecule is CC(=O)N(CC(=O)Nc1ccc(Cl)cc1Cl)Cc1ccc(Cl)cc1. The number of hydrogen-bond donors (Lipinski definition) is 1. The average molecular weight is 386 g/mol. The van der Waals surface area contributed by atoms with Crippen LogP contribution in [0.25, 0.3) is 0 Å². The lowest BCUT2D eigenvalue weighted by atomic mass is 10.2. The van der Waals surface area contributed by atoms with Gasteiger partial charge in [-0.05, 0) is 35.9 Å². The molecule has 2 amide bonds. The number of nitrogens with one attached hydrogen (secondary N) is 1. The molecule has 0 bridgehead atoms. The number of nitrogens with zero attached hydrogens (tertiary/aromatic N) is 1. The Kier molecular flexibility index (Phi) is 6.49. The van der Waals surface area contributed by atoms with Crippen molar-refractivity contribution in [1.29, 1.82) is 0 Å². The first-order chi connectivity index (χ1) is 11.3. The summed E-state index contributed by atoms with van der Waals surface area (Å²) >= 11 is 17.7. The Hall–Kier alpha value is -1.75. The van der Waals surface area contributed by atoms with Gasteiger partial charge in [0, 0.05) is 23.5 Å². The van der Waals surface area contributed by atoms with E-state index in [0.717, 1.165) is 5.56 Å². The molecule has 0 aliphatic carbocycles. The third kappa shape index (κ3) is 5.41. The molecule has 2 aromatic rings. The molecule has 7 heteroatoms. The molecular weight excluding hydrogens is 371 g/mol. The molecule has 0 saturated heterocycles. The summed E-state index contributed by atoms with van der Waals surface area (Å²) in [6, 6.07) is 11.9. The van der Waals surface area contributed by atoms with Gasteiger partial charge in [0.1, 0.15) is 6.54 Å². The molecule has 0 radical (unpaired) electrons. The minimum absolute atomic E-state index is 0.0864. The van der Waals surface area contributed by atoms with Crippen molar-refractivity contribution in [3.63, 3.8) is 0 Å². The van der Waals surface area contributed by atoms with Crippen LogP contribution in [0.5, 0.6) is 0 Å². The van der Waals surface area contributed by atoms with Crippen LogP contribution in [0.15, 0.2) is 42.5 Å². The smallest absolute Gasteiger partial charge is 0.244 e. The van der Waals surface area contributed by atoms with Crippen LogP contribution in [0.2, 0.25) is 15.1 Å². The highest BCUT2D eigenvalue weighted by Gasteiger charge is 2.15. The van der Waals surface area contributed by atoms with E-state index < -0.39 is 0 Å². The van der Waals surface area contributed by atoms with E-state index in [4.69, 9.17) is 34.8 Å². The molecule has 0 spiro atoms. The fraction of sp³-hybridized carbons (Fsp3) is 0.176. The number of halogens is 3. The van der Waals surface area contributed by atoms with Crippen LogP contribution in [0, 0.1) is 0 Å². The lowest BCUT2D eigenvalue weighted by Gasteiger charge is -2.21. The first kappa shape index (κ1) is 18.6. The van der Waals surface area contributed by atoms with Gasteiger partial charge in [-0.15, -0.1) is 0 Å². The van der Waals surface area contributed by atoms with Gasteiger partial charge in [0.25, 0.3) is 0 Å². The van der Waals surface area contributed by atoms with Crippen molar-refractivity contribution >= 4 is 52.3 Å². The zero-order valence-electron chi connectivity index (χ0n) is 12.9. The summed E-state index contributed by atoms with van der Waals surface area (Å²) < 4.78 is 0. The molecule has 126 valence electrons. The molecule has 1 N–H and O–H groups in total. The molecule has 24 heavy (non-hydrogen) atoms. The second-order valence-corrected chi connectivity index (χ2v) is 6.45. The van der Waals surface area contributed by atoms with Crippen LogP contribution in [0.4, 0.5) is 5.69 Å². The van der Waals surface area contributed by atoms with Crippen molar-refractivity contribution < 1.29 is 9.59 Å². The van der Waals surface area contributed by atoms with Crippen molar-refractivity contribution in [3.8, 4) is 0 Å². The fourth-order valence-corrected chi connectivity index (χ4v) is 2.62. The Morgan fingerprint density at radius 3 is 2.21 bits per heavy atom. The van der Waals surface area contributed by atoms with Crippen LogP contribution < -0.4 is 5.32 Å². The minimum atomic E-state index is -0.344. The number of hydrogen-bond acceptors (Lipinski definition) is 2. The standard InChI is InChI=1S/C17H15Cl3N2O2/c1-11(23)22(9-12-2-4-13(18)5-3-12)10-17(24)21-16-7-6-14(19)8-15(16)20/h2-8H,9-10H2,1H3,(H,21,24). The highest BCUT2D eigenvalue weighted by atomic mass is 35.5. The molecule has 0 aliphatic rings. The Balaban J connectivity index is 2.02. The van der Waals surface area contributed by atoms with E-state index in [2.05, 4.69) is 5.32 Å². The maximum atomic E-state index is 12.2. The van der Waals surface area contributed by atoms with Gasteiger partial charge in [-0.2, -0.15) is 0 Å². The normalized spacial score (nSPS) is 10.3. The van der Waals surface area contributed by atoms with Gasteiger partial charge in [-0.3, -0.25) is 9.59 Å². The Morgan fingerprint density at radius 2 is 1.62 bits per heavy atom. The molecule has 0 saturated carbocycles. The maximum Gasteiger partial charge on any atom is 0.244 e. The van der Waals surface area contributed by atoms with E-state index >= 15 is 0 Å². The Bertz CT molecular complexity index is 748. The van der Waals surface area contributed by atoms with Gasteiger partial charge >= 0.3 is 0 Å².